The van der Waals surface area contributed by atoms with Gasteiger partial charge < -0.3 is 15.2 Å². The molecule has 0 saturated heterocycles. The van der Waals surface area contributed by atoms with Crippen molar-refractivity contribution in [3.8, 4) is 11.8 Å². The summed E-state index contributed by atoms with van der Waals surface area (Å²) in [6.45, 7) is 0. The number of aliphatic hydroxyl groups excluding tert-OH is 1. The highest BCUT2D eigenvalue weighted by Crippen LogP contribution is 2.28. The quantitative estimate of drug-likeness (QED) is 0.478. The van der Waals surface area contributed by atoms with E-state index in [2.05, 4.69) is 5.32 Å². The highest BCUT2D eigenvalue weighted by molar-refractivity contribution is 6.42. The van der Waals surface area contributed by atoms with Crippen LogP contribution in [0.25, 0.3) is 5.76 Å². The number of benzene rings is 2. The first-order valence-electron chi connectivity index (χ1n) is 6.71. The first-order valence-corrected chi connectivity index (χ1v) is 7.46. The van der Waals surface area contributed by atoms with Crippen LogP contribution in [0.4, 0.5) is 5.69 Å². The molecule has 0 radical (unpaired) electrons. The second-order valence-electron chi connectivity index (χ2n) is 4.62. The molecule has 2 rings (SSSR count). The van der Waals surface area contributed by atoms with Crippen LogP contribution in [-0.4, -0.2) is 18.1 Å². The van der Waals surface area contributed by atoms with Gasteiger partial charge in [-0.25, -0.2) is 0 Å². The van der Waals surface area contributed by atoms with E-state index >= 15 is 0 Å². The van der Waals surface area contributed by atoms with Crippen molar-refractivity contribution in [2.24, 2.45) is 0 Å². The Morgan fingerprint density at radius 1 is 1.21 bits per heavy atom. The monoisotopic (exact) mass is 362 g/mol. The number of halogens is 2. The van der Waals surface area contributed by atoms with Crippen LogP contribution in [-0.2, 0) is 4.79 Å². The maximum atomic E-state index is 12.3. The zero-order valence-electron chi connectivity index (χ0n) is 12.5. The minimum atomic E-state index is -0.778. The van der Waals surface area contributed by atoms with E-state index in [1.807, 2.05) is 0 Å². The molecule has 24 heavy (non-hydrogen) atoms. The topological polar surface area (TPSA) is 82.3 Å². The van der Waals surface area contributed by atoms with Crippen LogP contribution in [0.2, 0.25) is 10.0 Å². The number of rotatable bonds is 4. The molecule has 2 aromatic rings. The number of anilines is 1. The third-order valence-electron chi connectivity index (χ3n) is 3.12. The first kappa shape index (κ1) is 17.7. The number of carbonyl (C=O) groups excluding carboxylic acids is 1. The lowest BCUT2D eigenvalue weighted by molar-refractivity contribution is -0.112. The summed E-state index contributed by atoms with van der Waals surface area (Å²) in [6.07, 6.45) is 0. The summed E-state index contributed by atoms with van der Waals surface area (Å²) in [5.41, 5.74) is 0.126. The van der Waals surface area contributed by atoms with Crippen LogP contribution in [0.15, 0.2) is 48.0 Å². The smallest absolute Gasteiger partial charge is 0.270 e. The van der Waals surface area contributed by atoms with Crippen molar-refractivity contribution in [1.29, 1.82) is 5.26 Å². The van der Waals surface area contributed by atoms with Gasteiger partial charge in [-0.05, 0) is 30.3 Å². The number of nitrogens with zero attached hydrogens (tertiary/aromatic N) is 1. The van der Waals surface area contributed by atoms with Crippen molar-refractivity contribution in [2.75, 3.05) is 12.4 Å². The van der Waals surface area contributed by atoms with Crippen molar-refractivity contribution < 1.29 is 14.6 Å². The van der Waals surface area contributed by atoms with Crippen molar-refractivity contribution in [1.82, 2.24) is 0 Å². The molecule has 0 bridgehead atoms. The largest absolute Gasteiger partial charge is 0.506 e. The molecule has 122 valence electrons. The molecule has 1 amide bonds. The Labute approximate surface area is 148 Å². The Balaban J connectivity index is 2.37. The molecule has 0 spiro atoms. The highest BCUT2D eigenvalue weighted by atomic mass is 35.5. The number of aliphatic hydroxyl groups is 1. The summed E-state index contributed by atoms with van der Waals surface area (Å²) >= 11 is 11.7. The fraction of sp³-hybridized carbons (Fsp3) is 0.0588. The summed E-state index contributed by atoms with van der Waals surface area (Å²) in [6, 6.07) is 12.7. The van der Waals surface area contributed by atoms with Gasteiger partial charge in [-0.2, -0.15) is 5.26 Å². The molecular weight excluding hydrogens is 351 g/mol. The number of ether oxygens (including phenoxy) is 1. The molecule has 7 heteroatoms. The Morgan fingerprint density at radius 2 is 1.92 bits per heavy atom. The van der Waals surface area contributed by atoms with E-state index in [9.17, 15) is 15.2 Å². The van der Waals surface area contributed by atoms with Crippen LogP contribution in [0.3, 0.4) is 0 Å². The summed E-state index contributed by atoms with van der Waals surface area (Å²) in [5.74, 6) is -0.920. The zero-order chi connectivity index (χ0) is 17.7. The fourth-order valence-electron chi connectivity index (χ4n) is 1.95. The van der Waals surface area contributed by atoms with Crippen molar-refractivity contribution >= 4 is 40.6 Å². The van der Waals surface area contributed by atoms with Gasteiger partial charge in [-0.1, -0.05) is 35.3 Å². The van der Waals surface area contributed by atoms with Gasteiger partial charge in [-0.15, -0.1) is 0 Å². The predicted molar refractivity (Wildman–Crippen MR) is 93.2 cm³/mol. The molecule has 0 heterocycles. The van der Waals surface area contributed by atoms with Crippen LogP contribution in [0, 0.1) is 11.3 Å². The van der Waals surface area contributed by atoms with Crippen molar-refractivity contribution in [2.45, 2.75) is 0 Å². The summed E-state index contributed by atoms with van der Waals surface area (Å²) in [4.78, 5) is 12.3. The van der Waals surface area contributed by atoms with Crippen LogP contribution >= 0.6 is 23.2 Å². The van der Waals surface area contributed by atoms with Crippen LogP contribution < -0.4 is 10.1 Å². The molecule has 0 aliphatic rings. The standard InChI is InChI=1S/C17H12Cl2N2O3/c1-24-15-5-3-2-4-11(15)16(22)12(9-20)17(23)21-10-6-7-13(18)14(19)8-10/h2-8,22H,1H3,(H,21,23)/b16-12-. The van der Waals surface area contributed by atoms with Gasteiger partial charge in [0, 0.05) is 5.69 Å². The fourth-order valence-corrected chi connectivity index (χ4v) is 2.25. The normalized spacial score (nSPS) is 11.2. The molecule has 5 nitrogen and oxygen atoms in total. The average Bonchev–Trinajstić information content (AvgIpc) is 2.58. The molecular formula is C17H12Cl2N2O3. The van der Waals surface area contributed by atoms with E-state index in [0.717, 1.165) is 0 Å². The summed E-state index contributed by atoms with van der Waals surface area (Å²) < 4.78 is 5.12. The molecule has 0 fully saturated rings. The maximum absolute atomic E-state index is 12.3. The Morgan fingerprint density at radius 3 is 2.54 bits per heavy atom. The third kappa shape index (κ3) is 3.80. The first-order chi connectivity index (χ1) is 11.5. The molecule has 0 unspecified atom stereocenters. The minimum Gasteiger partial charge on any atom is -0.506 e. The van der Waals surface area contributed by atoms with E-state index in [-0.39, 0.29) is 10.6 Å². The maximum Gasteiger partial charge on any atom is 0.270 e. The van der Waals surface area contributed by atoms with Gasteiger partial charge >= 0.3 is 0 Å². The van der Waals surface area contributed by atoms with E-state index in [4.69, 9.17) is 27.9 Å². The molecule has 0 aliphatic carbocycles. The van der Waals surface area contributed by atoms with Gasteiger partial charge in [0.1, 0.15) is 17.6 Å². The minimum absolute atomic E-state index is 0.237. The molecule has 2 N–H and O–H groups in total. The second kappa shape index (κ2) is 7.73. The SMILES string of the molecule is COc1ccccc1/C(O)=C(\C#N)C(=O)Nc1ccc(Cl)c(Cl)c1. The molecule has 0 aromatic heterocycles. The summed E-state index contributed by atoms with van der Waals surface area (Å²) in [5, 5.41) is 22.6. The van der Waals surface area contributed by atoms with Crippen molar-refractivity contribution in [3.05, 3.63) is 63.6 Å². The summed E-state index contributed by atoms with van der Waals surface area (Å²) in [7, 11) is 1.42. The van der Waals surface area contributed by atoms with Gasteiger partial charge in [0.2, 0.25) is 0 Å². The van der Waals surface area contributed by atoms with Gasteiger partial charge in [-0.3, -0.25) is 4.79 Å². The van der Waals surface area contributed by atoms with Crippen molar-refractivity contribution in [3.63, 3.8) is 0 Å². The zero-order valence-corrected chi connectivity index (χ0v) is 14.0. The number of carbonyl (C=O) groups is 1. The predicted octanol–water partition coefficient (Wildman–Crippen LogP) is 4.43. The molecule has 0 atom stereocenters. The van der Waals surface area contributed by atoms with E-state index in [1.165, 1.54) is 31.4 Å². The van der Waals surface area contributed by atoms with Crippen LogP contribution in [0.1, 0.15) is 5.56 Å². The highest BCUT2D eigenvalue weighted by Gasteiger charge is 2.19. The molecule has 2 aromatic carbocycles. The molecule has 0 saturated carbocycles. The number of methoxy groups -OCH3 is 1. The number of amides is 1. The van der Waals surface area contributed by atoms with Gasteiger partial charge in [0.25, 0.3) is 5.91 Å². The van der Waals surface area contributed by atoms with Crippen LogP contribution in [0.5, 0.6) is 5.75 Å². The lowest BCUT2D eigenvalue weighted by atomic mass is 10.1. The lowest BCUT2D eigenvalue weighted by Crippen LogP contribution is -2.15. The number of nitrogens with one attached hydrogen (secondary N) is 1. The molecule has 0 aliphatic heterocycles. The van der Waals surface area contributed by atoms with E-state index in [0.29, 0.717) is 16.5 Å². The third-order valence-corrected chi connectivity index (χ3v) is 3.85. The number of hydrogen-bond acceptors (Lipinski definition) is 4. The Kier molecular flexibility index (Phi) is 5.69. The van der Waals surface area contributed by atoms with Gasteiger partial charge in [0.05, 0.1) is 22.7 Å². The average molecular weight is 363 g/mol. The number of para-hydroxylation sites is 1. The van der Waals surface area contributed by atoms with Gasteiger partial charge in [0.15, 0.2) is 5.57 Å². The Hall–Kier alpha value is -2.68. The second-order valence-corrected chi connectivity index (χ2v) is 5.43. The Bertz CT molecular complexity index is 857. The van der Waals surface area contributed by atoms with E-state index in [1.54, 1.807) is 24.3 Å². The van der Waals surface area contributed by atoms with E-state index < -0.39 is 17.2 Å². The number of hydrogen-bond donors (Lipinski definition) is 2. The lowest BCUT2D eigenvalue weighted by Gasteiger charge is -2.10. The number of nitriles is 1.